The van der Waals surface area contributed by atoms with Gasteiger partial charge in [-0.2, -0.15) is 8.42 Å². The third-order valence-corrected chi connectivity index (χ3v) is 3.66. The predicted molar refractivity (Wildman–Crippen MR) is 80.1 cm³/mol. The molecule has 2 aromatic carbocycles. The van der Waals surface area contributed by atoms with Crippen LogP contribution in [-0.4, -0.2) is 19.2 Å². The van der Waals surface area contributed by atoms with Crippen LogP contribution in [0.1, 0.15) is 0 Å². The van der Waals surface area contributed by atoms with Crippen molar-refractivity contribution < 1.29 is 17.2 Å². The van der Waals surface area contributed by atoms with Crippen LogP contribution in [0.2, 0.25) is 0 Å². The summed E-state index contributed by atoms with van der Waals surface area (Å²) in [6.45, 7) is 0. The van der Waals surface area contributed by atoms with E-state index in [0.29, 0.717) is 5.69 Å². The molecule has 2 rings (SSSR count). The Hall–Kier alpha value is -1.70. The average Bonchev–Trinajstić information content (AvgIpc) is 2.41. The van der Waals surface area contributed by atoms with Gasteiger partial charge in [-0.1, -0.05) is 6.07 Å². The molecule has 7 heteroatoms. The first kappa shape index (κ1) is 14.7. The Bertz CT molecular complexity index is 684. The molecule has 0 aliphatic carbocycles. The van der Waals surface area contributed by atoms with Crippen LogP contribution >= 0.6 is 12.0 Å². The lowest BCUT2D eigenvalue weighted by Crippen LogP contribution is -1.99. The fourth-order valence-corrected chi connectivity index (χ4v) is 2.42. The molecule has 0 heterocycles. The van der Waals surface area contributed by atoms with E-state index in [0.717, 1.165) is 11.4 Å². The van der Waals surface area contributed by atoms with Crippen molar-refractivity contribution in [2.45, 2.75) is 4.90 Å². The second kappa shape index (κ2) is 6.17. The third kappa shape index (κ3) is 3.89. The molecule has 0 atom stereocenters. The van der Waals surface area contributed by atoms with Crippen LogP contribution in [0.5, 0.6) is 5.75 Å². The molecule has 20 heavy (non-hydrogen) atoms. The van der Waals surface area contributed by atoms with Gasteiger partial charge in [-0.05, 0) is 42.5 Å². The maximum Gasteiger partial charge on any atom is 0.294 e. The Balaban J connectivity index is 2.17. The summed E-state index contributed by atoms with van der Waals surface area (Å²) in [5, 5.41) is 3.05. The highest BCUT2D eigenvalue weighted by Crippen LogP contribution is 2.23. The molecule has 0 spiro atoms. The van der Waals surface area contributed by atoms with Crippen molar-refractivity contribution in [3.63, 3.8) is 0 Å². The van der Waals surface area contributed by atoms with E-state index in [1.54, 1.807) is 24.3 Å². The Morgan fingerprint density at radius 2 is 1.80 bits per heavy atom. The van der Waals surface area contributed by atoms with Gasteiger partial charge in [0.25, 0.3) is 10.1 Å². The molecule has 0 amide bonds. The van der Waals surface area contributed by atoms with Crippen LogP contribution in [0.15, 0.2) is 53.4 Å². The van der Waals surface area contributed by atoms with Crippen LogP contribution in [0, 0.1) is 0 Å². The summed E-state index contributed by atoms with van der Waals surface area (Å²) in [6.07, 6.45) is 1.83. The van der Waals surface area contributed by atoms with Crippen molar-refractivity contribution >= 4 is 33.5 Å². The molecule has 0 bridgehead atoms. The van der Waals surface area contributed by atoms with E-state index >= 15 is 0 Å². The van der Waals surface area contributed by atoms with E-state index in [2.05, 4.69) is 5.32 Å². The minimum Gasteiger partial charge on any atom is -0.426 e. The summed E-state index contributed by atoms with van der Waals surface area (Å²) in [4.78, 5) is -0.148. The lowest BCUT2D eigenvalue weighted by molar-refractivity contribution is 0.483. The van der Waals surface area contributed by atoms with E-state index in [4.69, 9.17) is 8.74 Å². The first-order chi connectivity index (χ1) is 9.49. The third-order valence-electron chi connectivity index (χ3n) is 2.45. The van der Waals surface area contributed by atoms with Crippen molar-refractivity contribution in [3.8, 4) is 5.75 Å². The summed E-state index contributed by atoms with van der Waals surface area (Å²) in [5.41, 5.74) is 1.35. The highest BCUT2D eigenvalue weighted by molar-refractivity contribution is 7.94. The molecule has 0 aromatic heterocycles. The molecule has 0 aliphatic rings. The molecule has 0 saturated carbocycles. The van der Waals surface area contributed by atoms with Crippen molar-refractivity contribution in [1.82, 2.24) is 0 Å². The zero-order valence-corrected chi connectivity index (χ0v) is 12.2. The van der Waals surface area contributed by atoms with Crippen molar-refractivity contribution in [3.05, 3.63) is 48.5 Å². The SMILES string of the molecule is CSOc1ccc(Nc2cccc(S(=O)(=O)O)c2)cc1. The molecule has 0 radical (unpaired) electrons. The fraction of sp³-hybridized carbons (Fsp3) is 0.0769. The van der Waals surface area contributed by atoms with Crippen LogP contribution < -0.4 is 9.50 Å². The summed E-state index contributed by atoms with van der Waals surface area (Å²) in [7, 11) is -4.19. The molecule has 106 valence electrons. The Kier molecular flexibility index (Phi) is 4.53. The largest absolute Gasteiger partial charge is 0.426 e. The average molecular weight is 311 g/mol. The van der Waals surface area contributed by atoms with Gasteiger partial charge in [-0.25, -0.2) is 0 Å². The minimum absolute atomic E-state index is 0.148. The number of anilines is 2. The molecule has 0 fully saturated rings. The number of hydrogen-bond acceptors (Lipinski definition) is 5. The highest BCUT2D eigenvalue weighted by atomic mass is 32.2. The number of rotatable bonds is 5. The van der Waals surface area contributed by atoms with Gasteiger partial charge in [0, 0.05) is 17.6 Å². The summed E-state index contributed by atoms with van der Waals surface area (Å²) in [5.74, 6) is 0.731. The monoisotopic (exact) mass is 311 g/mol. The summed E-state index contributed by atoms with van der Waals surface area (Å²) < 4.78 is 36.4. The van der Waals surface area contributed by atoms with Crippen LogP contribution in [-0.2, 0) is 10.1 Å². The predicted octanol–water partition coefficient (Wildman–Crippen LogP) is 3.33. The van der Waals surface area contributed by atoms with Crippen molar-refractivity contribution in [2.75, 3.05) is 11.6 Å². The van der Waals surface area contributed by atoms with Crippen molar-refractivity contribution in [1.29, 1.82) is 0 Å². The Morgan fingerprint density at radius 3 is 2.40 bits per heavy atom. The van der Waals surface area contributed by atoms with Gasteiger partial charge in [0.2, 0.25) is 0 Å². The van der Waals surface area contributed by atoms with Gasteiger partial charge < -0.3 is 9.50 Å². The number of nitrogens with one attached hydrogen (secondary N) is 1. The van der Waals surface area contributed by atoms with E-state index in [1.165, 1.54) is 24.2 Å². The van der Waals surface area contributed by atoms with Gasteiger partial charge in [-0.3, -0.25) is 4.55 Å². The molecular formula is C13H13NO4S2. The zero-order chi connectivity index (χ0) is 14.6. The van der Waals surface area contributed by atoms with Crippen LogP contribution in [0.3, 0.4) is 0 Å². The lowest BCUT2D eigenvalue weighted by Gasteiger charge is -2.08. The number of benzene rings is 2. The second-order valence-corrected chi connectivity index (χ2v) is 5.82. The zero-order valence-electron chi connectivity index (χ0n) is 10.6. The molecule has 2 N–H and O–H groups in total. The topological polar surface area (TPSA) is 75.6 Å². The van der Waals surface area contributed by atoms with E-state index in [9.17, 15) is 8.42 Å². The standard InChI is InChI=1S/C13H13NO4S2/c1-19-18-12-7-5-10(6-8-12)14-11-3-2-4-13(9-11)20(15,16)17/h2-9,14H,1H3,(H,15,16,17). The van der Waals surface area contributed by atoms with Gasteiger partial charge in [0.05, 0.1) is 16.9 Å². The molecule has 0 aliphatic heterocycles. The quantitative estimate of drug-likeness (QED) is 0.651. The van der Waals surface area contributed by atoms with Gasteiger partial charge >= 0.3 is 0 Å². The van der Waals surface area contributed by atoms with Gasteiger partial charge in [0.15, 0.2) is 0 Å². The number of hydrogen-bond donors (Lipinski definition) is 2. The van der Waals surface area contributed by atoms with Crippen molar-refractivity contribution in [2.24, 2.45) is 0 Å². The summed E-state index contributed by atoms with van der Waals surface area (Å²) in [6, 6.07) is 13.2. The first-order valence-electron chi connectivity index (χ1n) is 5.64. The second-order valence-electron chi connectivity index (χ2n) is 3.90. The maximum atomic E-state index is 11.1. The Morgan fingerprint density at radius 1 is 1.10 bits per heavy atom. The molecule has 2 aromatic rings. The molecule has 5 nitrogen and oxygen atoms in total. The fourth-order valence-electron chi connectivity index (χ4n) is 1.59. The maximum absolute atomic E-state index is 11.1. The highest BCUT2D eigenvalue weighted by Gasteiger charge is 2.09. The van der Waals surface area contributed by atoms with E-state index < -0.39 is 10.1 Å². The molecule has 0 saturated heterocycles. The van der Waals surface area contributed by atoms with Gasteiger partial charge in [0.1, 0.15) is 5.75 Å². The Labute approximate surface area is 121 Å². The van der Waals surface area contributed by atoms with Gasteiger partial charge in [-0.15, -0.1) is 0 Å². The van der Waals surface area contributed by atoms with E-state index in [-0.39, 0.29) is 4.90 Å². The molecule has 0 unspecified atom stereocenters. The lowest BCUT2D eigenvalue weighted by atomic mass is 10.2. The normalized spacial score (nSPS) is 11.1. The smallest absolute Gasteiger partial charge is 0.294 e. The first-order valence-corrected chi connectivity index (χ1v) is 8.23. The minimum atomic E-state index is -4.19. The van der Waals surface area contributed by atoms with Crippen LogP contribution in [0.4, 0.5) is 11.4 Å². The summed E-state index contributed by atoms with van der Waals surface area (Å²) >= 11 is 1.25. The molecular weight excluding hydrogens is 298 g/mol. The van der Waals surface area contributed by atoms with E-state index in [1.807, 2.05) is 18.4 Å². The van der Waals surface area contributed by atoms with Crippen LogP contribution in [0.25, 0.3) is 0 Å².